The number of ether oxygens (including phenoxy) is 2. The van der Waals surface area contributed by atoms with Gasteiger partial charge in [0.25, 0.3) is 34.3 Å². The van der Waals surface area contributed by atoms with Crippen LogP contribution in [0.25, 0.3) is 0 Å². The largest absolute Gasteiger partial charge is 0.451 e. The fourth-order valence-corrected chi connectivity index (χ4v) is 15.6. The summed E-state index contributed by atoms with van der Waals surface area (Å²) in [6.07, 6.45) is -2.15. The molecule has 0 bridgehead atoms. The van der Waals surface area contributed by atoms with Crippen LogP contribution in [0.1, 0.15) is 59.6 Å². The van der Waals surface area contributed by atoms with Gasteiger partial charge in [0.2, 0.25) is 0 Å². The Hall–Kier alpha value is -2.96. The molecule has 2 N–H and O–H groups in total. The van der Waals surface area contributed by atoms with E-state index in [0.717, 1.165) is 10.4 Å². The maximum absolute atomic E-state index is 13.5. The molecular weight excluding hydrogens is 719 g/mol. The van der Waals surface area contributed by atoms with Crippen molar-refractivity contribution in [2.24, 2.45) is 0 Å². The van der Waals surface area contributed by atoms with Crippen molar-refractivity contribution in [2.45, 2.75) is 79.7 Å². The topological polar surface area (TPSA) is 157 Å². The standard InChI is InChI=1S/C34H47N3O9S3Si/c1-8-35-29-23-37(20-15-21-44-7)49(42,43)33-28(29)22-30(47-33)48(40,41)36-31(38)24(2)45-32(39)25(3)46-50(34(4,5)6,26-16-11-9-12-17-26)27-18-13-10-14-19-27/h9-14,16-19,22,24-25,29,35H,8,15,20-21,23H2,1-7H3,(H,36,38)/t24-,25-,29-/m0/s1. The molecular formula is C34H47N3O9S3Si. The number of fused-ring (bicyclic) bond motifs is 1. The van der Waals surface area contributed by atoms with Gasteiger partial charge in [0.05, 0.1) is 0 Å². The minimum absolute atomic E-state index is 0.103. The van der Waals surface area contributed by atoms with E-state index >= 15 is 0 Å². The molecule has 12 nitrogen and oxygen atoms in total. The van der Waals surface area contributed by atoms with Gasteiger partial charge in [0.1, 0.15) is 14.5 Å². The zero-order valence-electron chi connectivity index (χ0n) is 29.5. The zero-order valence-corrected chi connectivity index (χ0v) is 32.9. The normalized spacial score (nSPS) is 17.8. The lowest BCUT2D eigenvalue weighted by atomic mass is 10.1. The van der Waals surface area contributed by atoms with Gasteiger partial charge in [-0.25, -0.2) is 26.4 Å². The number of nitrogens with zero attached hydrogens (tertiary/aromatic N) is 1. The van der Waals surface area contributed by atoms with Crippen molar-refractivity contribution in [1.82, 2.24) is 14.3 Å². The molecule has 1 aromatic heterocycles. The van der Waals surface area contributed by atoms with E-state index in [9.17, 15) is 26.4 Å². The van der Waals surface area contributed by atoms with E-state index in [1.54, 1.807) is 6.92 Å². The predicted molar refractivity (Wildman–Crippen MR) is 195 cm³/mol. The molecule has 0 radical (unpaired) electrons. The SMILES string of the molecule is CCN[C@H]1CN(CCCOC)S(=O)(=O)c2sc(S(=O)(=O)NC(=O)[C@H](C)OC(=O)[C@H](C)O[Si](c3ccccc3)(c3ccccc3)C(C)(C)C)cc21. The van der Waals surface area contributed by atoms with E-state index in [4.69, 9.17) is 13.9 Å². The molecule has 2 aromatic carbocycles. The molecule has 1 aliphatic rings. The Bertz CT molecular complexity index is 1810. The van der Waals surface area contributed by atoms with Gasteiger partial charge in [-0.15, -0.1) is 11.3 Å². The molecule has 3 aromatic rings. The number of nitrogens with one attached hydrogen (secondary N) is 2. The summed E-state index contributed by atoms with van der Waals surface area (Å²) in [7, 11) is -10.1. The minimum atomic E-state index is -4.53. The molecule has 4 rings (SSSR count). The molecule has 1 amide bonds. The van der Waals surface area contributed by atoms with Gasteiger partial charge in [-0.05, 0) is 48.3 Å². The highest BCUT2D eigenvalue weighted by atomic mass is 32.3. The van der Waals surface area contributed by atoms with Crippen molar-refractivity contribution in [3.8, 4) is 0 Å². The molecule has 274 valence electrons. The average Bonchev–Trinajstić information content (AvgIpc) is 3.54. The van der Waals surface area contributed by atoms with E-state index in [1.807, 2.05) is 72.3 Å². The van der Waals surface area contributed by atoms with E-state index < -0.39 is 63.5 Å². The predicted octanol–water partition coefficient (Wildman–Crippen LogP) is 3.14. The number of rotatable bonds is 15. The number of hydrogen-bond donors (Lipinski definition) is 2. The molecule has 0 saturated heterocycles. The minimum Gasteiger partial charge on any atom is -0.451 e. The lowest BCUT2D eigenvalue weighted by Gasteiger charge is -2.44. The van der Waals surface area contributed by atoms with Gasteiger partial charge in [0.15, 0.2) is 6.10 Å². The van der Waals surface area contributed by atoms with E-state index in [0.29, 0.717) is 36.5 Å². The van der Waals surface area contributed by atoms with Gasteiger partial charge in [-0.3, -0.25) is 4.79 Å². The van der Waals surface area contributed by atoms with Gasteiger partial charge in [-0.1, -0.05) is 88.4 Å². The van der Waals surface area contributed by atoms with Crippen molar-refractivity contribution in [3.63, 3.8) is 0 Å². The number of sulfonamides is 2. The van der Waals surface area contributed by atoms with Crippen LogP contribution in [0, 0.1) is 0 Å². The highest BCUT2D eigenvalue weighted by Gasteiger charge is 2.52. The molecule has 0 spiro atoms. The van der Waals surface area contributed by atoms with Crippen molar-refractivity contribution >= 4 is 62.0 Å². The third kappa shape index (κ3) is 8.39. The summed E-state index contributed by atoms with van der Waals surface area (Å²) in [4.78, 5) is 26.6. The quantitative estimate of drug-likeness (QED) is 0.134. The molecule has 3 atom stereocenters. The fourth-order valence-electron chi connectivity index (χ4n) is 6.07. The van der Waals surface area contributed by atoms with Crippen molar-refractivity contribution in [2.75, 3.05) is 33.4 Å². The smallest absolute Gasteiger partial charge is 0.334 e. The number of benzene rings is 2. The second kappa shape index (κ2) is 16.2. The Labute approximate surface area is 300 Å². The van der Waals surface area contributed by atoms with Crippen molar-refractivity contribution in [3.05, 3.63) is 72.3 Å². The molecule has 0 unspecified atom stereocenters. The summed E-state index contributed by atoms with van der Waals surface area (Å²) >= 11 is 0.572. The Morgan fingerprint density at radius 3 is 2.12 bits per heavy atom. The Kier molecular flexibility index (Phi) is 12.9. The Morgan fingerprint density at radius 2 is 1.60 bits per heavy atom. The van der Waals surface area contributed by atoms with Crippen LogP contribution in [0.15, 0.2) is 75.1 Å². The summed E-state index contributed by atoms with van der Waals surface area (Å²) in [5.41, 5.74) is 0.321. The molecule has 16 heteroatoms. The zero-order chi connectivity index (χ0) is 36.9. The average molecular weight is 766 g/mol. The van der Waals surface area contributed by atoms with E-state index in [1.165, 1.54) is 24.4 Å². The number of esters is 1. The number of likely N-dealkylation sites (N-methyl/N-ethyl adjacent to an activating group) is 1. The first-order valence-electron chi connectivity index (χ1n) is 16.4. The molecule has 2 heterocycles. The first-order valence-corrected chi connectivity index (χ1v) is 22.1. The number of carbonyl (C=O) groups excluding carboxylic acids is 2. The summed E-state index contributed by atoms with van der Waals surface area (Å²) < 4.78 is 73.9. The summed E-state index contributed by atoms with van der Waals surface area (Å²) in [6.45, 7) is 12.1. The first kappa shape index (κ1) is 39.8. The third-order valence-electron chi connectivity index (χ3n) is 8.51. The number of thiophene rings is 1. The first-order chi connectivity index (χ1) is 23.5. The van der Waals surface area contributed by atoms with Crippen LogP contribution in [0.2, 0.25) is 5.04 Å². The van der Waals surface area contributed by atoms with Gasteiger partial charge < -0.3 is 19.2 Å². The highest BCUT2D eigenvalue weighted by molar-refractivity contribution is 7.94. The van der Waals surface area contributed by atoms with Crippen LogP contribution in [0.4, 0.5) is 0 Å². The lowest BCUT2D eigenvalue weighted by molar-refractivity contribution is -0.160. The van der Waals surface area contributed by atoms with Crippen molar-refractivity contribution < 1.29 is 40.3 Å². The molecule has 1 aliphatic heterocycles. The molecule has 0 fully saturated rings. The maximum atomic E-state index is 13.5. The molecule has 0 aliphatic carbocycles. The lowest BCUT2D eigenvalue weighted by Crippen LogP contribution is -2.68. The fraction of sp³-hybridized carbons (Fsp3) is 0.471. The van der Waals surface area contributed by atoms with Crippen LogP contribution >= 0.6 is 11.3 Å². The van der Waals surface area contributed by atoms with E-state index in [2.05, 4.69) is 26.1 Å². The van der Waals surface area contributed by atoms with Crippen LogP contribution in [-0.4, -0.2) is 86.9 Å². The summed E-state index contributed by atoms with van der Waals surface area (Å²) in [6, 6.07) is 20.3. The highest BCUT2D eigenvalue weighted by Crippen LogP contribution is 2.40. The number of methoxy groups -OCH3 is 1. The van der Waals surface area contributed by atoms with Crippen LogP contribution < -0.4 is 20.4 Å². The second-order valence-electron chi connectivity index (χ2n) is 13.1. The monoisotopic (exact) mass is 765 g/mol. The van der Waals surface area contributed by atoms with Crippen LogP contribution in [0.5, 0.6) is 0 Å². The van der Waals surface area contributed by atoms with Crippen LogP contribution in [-0.2, 0) is 43.5 Å². The van der Waals surface area contributed by atoms with Crippen LogP contribution in [0.3, 0.4) is 0 Å². The molecule has 50 heavy (non-hydrogen) atoms. The number of hydrogen-bond acceptors (Lipinski definition) is 11. The Balaban J connectivity index is 1.53. The summed E-state index contributed by atoms with van der Waals surface area (Å²) in [5.74, 6) is -1.92. The third-order valence-corrected chi connectivity index (χ3v) is 19.0. The van der Waals surface area contributed by atoms with Gasteiger partial charge >= 0.3 is 5.97 Å². The van der Waals surface area contributed by atoms with Gasteiger partial charge in [-0.2, -0.15) is 4.31 Å². The number of amides is 1. The van der Waals surface area contributed by atoms with Crippen molar-refractivity contribution in [1.29, 1.82) is 0 Å². The summed E-state index contributed by atoms with van der Waals surface area (Å²) in [5, 5.41) is 4.69. The van der Waals surface area contributed by atoms with Gasteiger partial charge in [0, 0.05) is 38.4 Å². The van der Waals surface area contributed by atoms with E-state index in [-0.39, 0.29) is 21.5 Å². The molecule has 0 saturated carbocycles. The second-order valence-corrected chi connectivity index (χ2v) is 22.4. The number of carbonyl (C=O) groups is 2. The Morgan fingerprint density at radius 1 is 1.02 bits per heavy atom. The maximum Gasteiger partial charge on any atom is 0.334 e.